The van der Waals surface area contributed by atoms with E-state index in [4.69, 9.17) is 4.74 Å². The molecule has 1 aromatic rings. The molecule has 0 saturated carbocycles. The molecule has 1 unspecified atom stereocenters. The lowest BCUT2D eigenvalue weighted by Crippen LogP contribution is -2.42. The number of methoxy groups -OCH3 is 1. The predicted molar refractivity (Wildman–Crippen MR) is 74.8 cm³/mol. The summed E-state index contributed by atoms with van der Waals surface area (Å²) in [6.45, 7) is 2.50. The summed E-state index contributed by atoms with van der Waals surface area (Å²) in [6, 6.07) is 9.14. The van der Waals surface area contributed by atoms with Crippen LogP contribution in [0.3, 0.4) is 0 Å². The van der Waals surface area contributed by atoms with Gasteiger partial charge in [0, 0.05) is 12.6 Å². The van der Waals surface area contributed by atoms with Crippen LogP contribution in [0.2, 0.25) is 0 Å². The van der Waals surface area contributed by atoms with Gasteiger partial charge in [-0.05, 0) is 49.1 Å². The molecule has 2 heteroatoms. The van der Waals surface area contributed by atoms with E-state index >= 15 is 0 Å². The first kappa shape index (κ1) is 11.8. The van der Waals surface area contributed by atoms with Gasteiger partial charge >= 0.3 is 0 Å². The van der Waals surface area contributed by atoms with E-state index in [-0.39, 0.29) is 0 Å². The SMILES string of the molecule is COc1cccc(C2=CCCN3CCCCC23)c1. The maximum atomic E-state index is 5.34. The number of rotatable bonds is 2. The highest BCUT2D eigenvalue weighted by atomic mass is 16.5. The summed E-state index contributed by atoms with van der Waals surface area (Å²) in [4.78, 5) is 2.65. The molecule has 0 amide bonds. The minimum absolute atomic E-state index is 0.639. The monoisotopic (exact) mass is 243 g/mol. The van der Waals surface area contributed by atoms with Crippen LogP contribution in [0.5, 0.6) is 5.75 Å². The maximum absolute atomic E-state index is 5.34. The van der Waals surface area contributed by atoms with Crippen molar-refractivity contribution >= 4 is 5.57 Å². The molecule has 96 valence electrons. The van der Waals surface area contributed by atoms with Gasteiger partial charge in [-0.25, -0.2) is 0 Å². The predicted octanol–water partition coefficient (Wildman–Crippen LogP) is 3.34. The first-order valence-corrected chi connectivity index (χ1v) is 6.97. The van der Waals surface area contributed by atoms with E-state index in [0.29, 0.717) is 6.04 Å². The van der Waals surface area contributed by atoms with Gasteiger partial charge in [-0.3, -0.25) is 4.90 Å². The Morgan fingerprint density at radius 3 is 3.06 bits per heavy atom. The van der Waals surface area contributed by atoms with Crippen molar-refractivity contribution in [2.45, 2.75) is 31.7 Å². The lowest BCUT2D eigenvalue weighted by molar-refractivity contribution is 0.182. The van der Waals surface area contributed by atoms with Crippen LogP contribution >= 0.6 is 0 Å². The largest absolute Gasteiger partial charge is 0.497 e. The molecule has 1 fully saturated rings. The van der Waals surface area contributed by atoms with Gasteiger partial charge in [-0.15, -0.1) is 0 Å². The molecule has 2 nitrogen and oxygen atoms in total. The number of hydrogen-bond donors (Lipinski definition) is 0. The van der Waals surface area contributed by atoms with Crippen molar-refractivity contribution in [2.75, 3.05) is 20.2 Å². The molecule has 18 heavy (non-hydrogen) atoms. The lowest BCUT2D eigenvalue weighted by Gasteiger charge is -2.40. The summed E-state index contributed by atoms with van der Waals surface area (Å²) in [5.41, 5.74) is 2.85. The number of fused-ring (bicyclic) bond motifs is 1. The summed E-state index contributed by atoms with van der Waals surface area (Å²) in [7, 11) is 1.74. The molecule has 3 rings (SSSR count). The van der Waals surface area contributed by atoms with Crippen LogP contribution in [0, 0.1) is 0 Å². The second kappa shape index (κ2) is 5.15. The van der Waals surface area contributed by atoms with Gasteiger partial charge in [-0.1, -0.05) is 24.6 Å². The molecule has 1 saturated heterocycles. The van der Waals surface area contributed by atoms with E-state index in [1.165, 1.54) is 49.9 Å². The normalized spacial score (nSPS) is 24.3. The van der Waals surface area contributed by atoms with Crippen molar-refractivity contribution in [3.63, 3.8) is 0 Å². The molecule has 1 atom stereocenters. The van der Waals surface area contributed by atoms with E-state index < -0.39 is 0 Å². The summed E-state index contributed by atoms with van der Waals surface area (Å²) in [5.74, 6) is 0.960. The van der Waals surface area contributed by atoms with Crippen molar-refractivity contribution in [3.05, 3.63) is 35.9 Å². The van der Waals surface area contributed by atoms with Gasteiger partial charge in [0.15, 0.2) is 0 Å². The van der Waals surface area contributed by atoms with E-state index in [0.717, 1.165) is 5.75 Å². The quantitative estimate of drug-likeness (QED) is 0.790. The van der Waals surface area contributed by atoms with Gasteiger partial charge in [-0.2, -0.15) is 0 Å². The number of piperidine rings is 1. The van der Waals surface area contributed by atoms with E-state index in [1.807, 2.05) is 6.07 Å². The Hall–Kier alpha value is -1.28. The standard InChI is InChI=1S/C16H21NO/c1-18-14-7-4-6-13(12-14)15-8-5-11-17-10-3-2-9-16(15)17/h4,6-8,12,16H,2-3,5,9-11H2,1H3. The minimum Gasteiger partial charge on any atom is -0.497 e. The van der Waals surface area contributed by atoms with Crippen molar-refractivity contribution in [2.24, 2.45) is 0 Å². The number of benzene rings is 1. The highest BCUT2D eigenvalue weighted by Gasteiger charge is 2.28. The molecular formula is C16H21NO. The topological polar surface area (TPSA) is 12.5 Å². The van der Waals surface area contributed by atoms with Crippen LogP contribution in [-0.4, -0.2) is 31.1 Å². The fourth-order valence-electron chi connectivity index (χ4n) is 3.25. The van der Waals surface area contributed by atoms with Crippen LogP contribution in [0.25, 0.3) is 5.57 Å². The zero-order valence-electron chi connectivity index (χ0n) is 11.1. The first-order chi connectivity index (χ1) is 8.88. The highest BCUT2D eigenvalue weighted by Crippen LogP contribution is 2.34. The second-order valence-corrected chi connectivity index (χ2v) is 5.23. The molecule has 0 N–H and O–H groups in total. The fourth-order valence-corrected chi connectivity index (χ4v) is 3.25. The van der Waals surface area contributed by atoms with Gasteiger partial charge in [0.05, 0.1) is 7.11 Å². The van der Waals surface area contributed by atoms with E-state index in [9.17, 15) is 0 Å². The van der Waals surface area contributed by atoms with Crippen LogP contribution in [-0.2, 0) is 0 Å². The minimum atomic E-state index is 0.639. The third-order valence-corrected chi connectivity index (χ3v) is 4.16. The number of hydrogen-bond acceptors (Lipinski definition) is 2. The fraction of sp³-hybridized carbons (Fsp3) is 0.500. The Bertz CT molecular complexity index is 452. The Morgan fingerprint density at radius 1 is 1.22 bits per heavy atom. The third-order valence-electron chi connectivity index (χ3n) is 4.16. The average Bonchev–Trinajstić information content (AvgIpc) is 2.47. The van der Waals surface area contributed by atoms with Gasteiger partial charge in [0.2, 0.25) is 0 Å². The Balaban J connectivity index is 1.91. The van der Waals surface area contributed by atoms with Crippen LogP contribution < -0.4 is 4.74 Å². The van der Waals surface area contributed by atoms with Gasteiger partial charge in [0.1, 0.15) is 5.75 Å². The molecule has 2 aliphatic heterocycles. The average molecular weight is 243 g/mol. The van der Waals surface area contributed by atoms with Crippen molar-refractivity contribution < 1.29 is 4.74 Å². The molecule has 0 radical (unpaired) electrons. The van der Waals surface area contributed by atoms with Gasteiger partial charge in [0.25, 0.3) is 0 Å². The number of ether oxygens (including phenoxy) is 1. The van der Waals surface area contributed by atoms with E-state index in [2.05, 4.69) is 29.2 Å². The van der Waals surface area contributed by atoms with Crippen molar-refractivity contribution in [3.8, 4) is 5.75 Å². The van der Waals surface area contributed by atoms with Crippen LogP contribution in [0.4, 0.5) is 0 Å². The van der Waals surface area contributed by atoms with Gasteiger partial charge < -0.3 is 4.74 Å². The smallest absolute Gasteiger partial charge is 0.119 e. The van der Waals surface area contributed by atoms with Crippen molar-refractivity contribution in [1.29, 1.82) is 0 Å². The molecular weight excluding hydrogens is 222 g/mol. The number of nitrogens with zero attached hydrogens (tertiary/aromatic N) is 1. The molecule has 2 heterocycles. The second-order valence-electron chi connectivity index (χ2n) is 5.23. The van der Waals surface area contributed by atoms with E-state index in [1.54, 1.807) is 7.11 Å². The summed E-state index contributed by atoms with van der Waals surface area (Å²) in [6.07, 6.45) is 7.65. The molecule has 0 bridgehead atoms. The molecule has 2 aliphatic rings. The maximum Gasteiger partial charge on any atom is 0.119 e. The van der Waals surface area contributed by atoms with Crippen molar-refractivity contribution in [1.82, 2.24) is 4.90 Å². The Kier molecular flexibility index (Phi) is 3.37. The summed E-state index contributed by atoms with van der Waals surface area (Å²) in [5, 5.41) is 0. The molecule has 1 aromatic carbocycles. The first-order valence-electron chi connectivity index (χ1n) is 6.97. The zero-order valence-corrected chi connectivity index (χ0v) is 11.1. The van der Waals surface area contributed by atoms with Crippen LogP contribution in [0.1, 0.15) is 31.2 Å². The Morgan fingerprint density at radius 2 is 2.17 bits per heavy atom. The third kappa shape index (κ3) is 2.17. The lowest BCUT2D eigenvalue weighted by atomic mass is 9.87. The molecule has 0 aromatic heterocycles. The summed E-state index contributed by atoms with van der Waals surface area (Å²) >= 11 is 0. The molecule has 0 aliphatic carbocycles. The highest BCUT2D eigenvalue weighted by molar-refractivity contribution is 5.71. The Labute approximate surface area is 109 Å². The summed E-state index contributed by atoms with van der Waals surface area (Å²) < 4.78 is 5.34. The zero-order chi connectivity index (χ0) is 12.4. The molecule has 0 spiro atoms. The van der Waals surface area contributed by atoms with Crippen LogP contribution in [0.15, 0.2) is 30.3 Å².